The van der Waals surface area contributed by atoms with Crippen LogP contribution in [0.1, 0.15) is 65.2 Å². The molecule has 2 unspecified atom stereocenters. The van der Waals surface area contributed by atoms with Crippen LogP contribution in [-0.2, 0) is 9.59 Å². The molecule has 4 saturated carbocycles. The molecule has 4 rings (SSSR count). The molecule has 2 nitrogen and oxygen atoms in total. The summed E-state index contributed by atoms with van der Waals surface area (Å²) in [6.45, 7) is 4.64. The highest BCUT2D eigenvalue weighted by Gasteiger charge is 2.60. The van der Waals surface area contributed by atoms with Gasteiger partial charge in [-0.1, -0.05) is 19.8 Å². The molecule has 4 aliphatic carbocycles. The number of hydrogen-bond acceptors (Lipinski definition) is 2. The molecule has 0 aromatic carbocycles. The van der Waals surface area contributed by atoms with Gasteiger partial charge in [0.05, 0.1) is 5.92 Å². The molecule has 0 aromatic heterocycles. The highest BCUT2D eigenvalue weighted by atomic mass is 16.1. The summed E-state index contributed by atoms with van der Waals surface area (Å²) in [5, 5.41) is 0. The molecule has 0 spiro atoms. The standard InChI is InChI=1S/C21H28O2/c1-4-13-12-21(3)14(11-18(13)22)5-6-15-16-7-8-19(23)20(16,2)10-9-17(15)21/h1,13-17H,5-12H2,2-3H3/t13?,14?,15-,16-,17-,20-,21-/m0/s1. The van der Waals surface area contributed by atoms with Crippen molar-refractivity contribution in [2.45, 2.75) is 65.2 Å². The van der Waals surface area contributed by atoms with Crippen molar-refractivity contribution in [2.75, 3.05) is 0 Å². The molecule has 4 aliphatic rings. The van der Waals surface area contributed by atoms with Gasteiger partial charge in [0, 0.05) is 18.3 Å². The zero-order chi connectivity index (χ0) is 16.4. The van der Waals surface area contributed by atoms with Crippen molar-refractivity contribution in [1.82, 2.24) is 0 Å². The zero-order valence-electron chi connectivity index (χ0n) is 14.4. The number of carbonyl (C=O) groups is 2. The Bertz CT molecular complexity index is 599. The first kappa shape index (κ1) is 15.4. The SMILES string of the molecule is C#CC1C[C@@]2(C)C(CC[C@@H]3[C@@H]2CC[C@]2(C)C(=O)CC[C@@H]32)CC1=O. The first-order chi connectivity index (χ1) is 10.9. The van der Waals surface area contributed by atoms with Gasteiger partial charge in [0.2, 0.25) is 0 Å². The normalized spacial score (nSPS) is 52.3. The molecule has 0 radical (unpaired) electrons. The predicted octanol–water partition coefficient (Wildman–Crippen LogP) is 4.03. The molecule has 0 bridgehead atoms. The highest BCUT2D eigenvalue weighted by Crippen LogP contribution is 2.65. The van der Waals surface area contributed by atoms with Gasteiger partial charge in [-0.25, -0.2) is 0 Å². The summed E-state index contributed by atoms with van der Waals surface area (Å²) in [5.41, 5.74) is 0.154. The largest absolute Gasteiger partial charge is 0.299 e. The van der Waals surface area contributed by atoms with E-state index in [1.54, 1.807) is 0 Å². The molecule has 0 N–H and O–H groups in total. The molecule has 124 valence electrons. The number of carbonyl (C=O) groups excluding carboxylic acids is 2. The highest BCUT2D eigenvalue weighted by molar-refractivity contribution is 5.87. The molecule has 0 saturated heterocycles. The fraction of sp³-hybridized carbons (Fsp3) is 0.810. The van der Waals surface area contributed by atoms with E-state index in [-0.39, 0.29) is 16.7 Å². The molecule has 0 aliphatic heterocycles. The van der Waals surface area contributed by atoms with Crippen LogP contribution >= 0.6 is 0 Å². The van der Waals surface area contributed by atoms with Crippen LogP contribution in [-0.4, -0.2) is 11.6 Å². The quantitative estimate of drug-likeness (QED) is 0.633. The molecule has 23 heavy (non-hydrogen) atoms. The summed E-state index contributed by atoms with van der Waals surface area (Å²) >= 11 is 0. The van der Waals surface area contributed by atoms with Gasteiger partial charge >= 0.3 is 0 Å². The Morgan fingerprint density at radius 3 is 2.61 bits per heavy atom. The van der Waals surface area contributed by atoms with Crippen molar-refractivity contribution in [3.05, 3.63) is 0 Å². The molecule has 0 aromatic rings. The van der Waals surface area contributed by atoms with Crippen molar-refractivity contribution in [2.24, 2.45) is 40.4 Å². The number of ketones is 2. The Hall–Kier alpha value is -1.10. The van der Waals surface area contributed by atoms with Gasteiger partial charge in [0.25, 0.3) is 0 Å². The van der Waals surface area contributed by atoms with Crippen molar-refractivity contribution in [3.63, 3.8) is 0 Å². The van der Waals surface area contributed by atoms with Crippen LogP contribution in [0.25, 0.3) is 0 Å². The number of rotatable bonds is 0. The van der Waals surface area contributed by atoms with Crippen LogP contribution in [0.2, 0.25) is 0 Å². The first-order valence-corrected chi connectivity index (χ1v) is 9.42. The molecule has 7 atom stereocenters. The molecular formula is C21H28O2. The molecule has 0 heterocycles. The van der Waals surface area contributed by atoms with Crippen LogP contribution in [0, 0.1) is 52.8 Å². The van der Waals surface area contributed by atoms with Gasteiger partial charge in [0.1, 0.15) is 11.6 Å². The minimum absolute atomic E-state index is 0.0552. The summed E-state index contributed by atoms with van der Waals surface area (Å²) in [4.78, 5) is 24.7. The fourth-order valence-corrected chi connectivity index (χ4v) is 7.05. The third-order valence-corrected chi connectivity index (χ3v) is 8.46. The second kappa shape index (κ2) is 4.95. The van der Waals surface area contributed by atoms with Crippen molar-refractivity contribution >= 4 is 11.6 Å². The molecular weight excluding hydrogens is 284 g/mol. The number of fused-ring (bicyclic) bond motifs is 5. The van der Waals surface area contributed by atoms with Crippen LogP contribution in [0.15, 0.2) is 0 Å². The summed E-state index contributed by atoms with van der Waals surface area (Å²) < 4.78 is 0. The minimum atomic E-state index is -0.173. The van der Waals surface area contributed by atoms with Crippen molar-refractivity contribution in [1.29, 1.82) is 0 Å². The van der Waals surface area contributed by atoms with Crippen molar-refractivity contribution in [3.8, 4) is 12.3 Å². The Labute approximate surface area is 139 Å². The van der Waals surface area contributed by atoms with Gasteiger partial charge in [-0.15, -0.1) is 6.42 Å². The Morgan fingerprint density at radius 2 is 1.87 bits per heavy atom. The lowest BCUT2D eigenvalue weighted by molar-refractivity contribution is -0.147. The van der Waals surface area contributed by atoms with E-state index < -0.39 is 0 Å². The van der Waals surface area contributed by atoms with E-state index in [1.807, 2.05) is 0 Å². The fourth-order valence-electron chi connectivity index (χ4n) is 7.05. The monoisotopic (exact) mass is 312 g/mol. The maximum atomic E-state index is 12.4. The number of terminal acetylenes is 1. The lowest BCUT2D eigenvalue weighted by Gasteiger charge is -2.59. The van der Waals surface area contributed by atoms with Crippen LogP contribution in [0.5, 0.6) is 0 Å². The number of hydrogen-bond donors (Lipinski definition) is 0. The minimum Gasteiger partial charge on any atom is -0.299 e. The number of Topliss-reactive ketones (excluding diaryl/α,β-unsaturated/α-hetero) is 2. The van der Waals surface area contributed by atoms with E-state index in [2.05, 4.69) is 19.8 Å². The summed E-state index contributed by atoms with van der Waals surface area (Å²) in [5.74, 6) is 5.82. The van der Waals surface area contributed by atoms with E-state index in [1.165, 1.54) is 6.42 Å². The maximum absolute atomic E-state index is 12.4. The van der Waals surface area contributed by atoms with E-state index in [4.69, 9.17) is 6.42 Å². The maximum Gasteiger partial charge on any atom is 0.148 e. The topological polar surface area (TPSA) is 34.1 Å². The van der Waals surface area contributed by atoms with Gasteiger partial charge in [-0.2, -0.15) is 0 Å². The Kier molecular flexibility index (Phi) is 3.32. The smallest absolute Gasteiger partial charge is 0.148 e. The van der Waals surface area contributed by atoms with Gasteiger partial charge < -0.3 is 0 Å². The van der Waals surface area contributed by atoms with Gasteiger partial charge in [-0.3, -0.25) is 9.59 Å². The summed E-state index contributed by atoms with van der Waals surface area (Å²) in [6, 6.07) is 0. The van der Waals surface area contributed by atoms with E-state index >= 15 is 0 Å². The lowest BCUT2D eigenvalue weighted by Crippen LogP contribution is -2.54. The van der Waals surface area contributed by atoms with E-state index in [9.17, 15) is 9.59 Å². The van der Waals surface area contributed by atoms with Crippen LogP contribution in [0.4, 0.5) is 0 Å². The van der Waals surface area contributed by atoms with Gasteiger partial charge in [0.15, 0.2) is 0 Å². The third-order valence-electron chi connectivity index (χ3n) is 8.46. The van der Waals surface area contributed by atoms with E-state index in [0.717, 1.165) is 38.5 Å². The second-order valence-corrected chi connectivity index (χ2v) is 9.17. The van der Waals surface area contributed by atoms with Crippen LogP contribution < -0.4 is 0 Å². The predicted molar refractivity (Wildman–Crippen MR) is 89.4 cm³/mol. The average molecular weight is 312 g/mol. The van der Waals surface area contributed by atoms with E-state index in [0.29, 0.717) is 41.7 Å². The summed E-state index contributed by atoms with van der Waals surface area (Å²) in [7, 11) is 0. The van der Waals surface area contributed by atoms with Crippen LogP contribution in [0.3, 0.4) is 0 Å². The Balaban J connectivity index is 1.66. The zero-order valence-corrected chi connectivity index (χ0v) is 14.4. The third kappa shape index (κ3) is 1.95. The lowest BCUT2D eigenvalue weighted by atomic mass is 9.44. The summed E-state index contributed by atoms with van der Waals surface area (Å²) in [6.07, 6.45) is 13.7. The van der Waals surface area contributed by atoms with Gasteiger partial charge in [-0.05, 0) is 67.6 Å². The molecule has 4 fully saturated rings. The molecule has 0 amide bonds. The first-order valence-electron chi connectivity index (χ1n) is 9.42. The van der Waals surface area contributed by atoms with Crippen molar-refractivity contribution < 1.29 is 9.59 Å². The average Bonchev–Trinajstić information content (AvgIpc) is 2.83. The second-order valence-electron chi connectivity index (χ2n) is 9.17. The Morgan fingerprint density at radius 1 is 1.09 bits per heavy atom. The molecule has 2 heteroatoms.